The van der Waals surface area contributed by atoms with Gasteiger partial charge in [-0.1, -0.05) is 0 Å². The second-order valence-electron chi connectivity index (χ2n) is 6.74. The van der Waals surface area contributed by atoms with E-state index in [1.165, 1.54) is 4.90 Å². The molecule has 4 fully saturated rings. The van der Waals surface area contributed by atoms with Crippen LogP contribution in [0.15, 0.2) is 0 Å². The Morgan fingerprint density at radius 1 is 0.905 bits per heavy atom. The molecule has 2 aliphatic heterocycles. The number of nitrogens with zero attached hydrogens (tertiary/aromatic N) is 3. The van der Waals surface area contributed by atoms with Gasteiger partial charge in [0.25, 0.3) is 5.91 Å². The van der Waals surface area contributed by atoms with Crippen LogP contribution in [-0.2, 0) is 9.59 Å². The lowest BCUT2D eigenvalue weighted by Crippen LogP contribution is -2.48. The van der Waals surface area contributed by atoms with Crippen molar-refractivity contribution >= 4 is 17.8 Å². The van der Waals surface area contributed by atoms with Gasteiger partial charge in [-0.3, -0.25) is 14.5 Å². The van der Waals surface area contributed by atoms with Gasteiger partial charge in [0.1, 0.15) is 6.54 Å². The predicted octanol–water partition coefficient (Wildman–Crippen LogP) is 0.814. The Balaban J connectivity index is 1.36. The number of hydrogen-bond donors (Lipinski definition) is 0. The van der Waals surface area contributed by atoms with Gasteiger partial charge < -0.3 is 9.80 Å². The first-order valence-electron chi connectivity index (χ1n) is 8.06. The lowest BCUT2D eigenvalue weighted by atomic mass is 10.0. The molecule has 2 saturated carbocycles. The van der Waals surface area contributed by atoms with Gasteiger partial charge in [-0.2, -0.15) is 0 Å². The molecule has 0 aromatic carbocycles. The number of rotatable bonds is 3. The highest BCUT2D eigenvalue weighted by molar-refractivity contribution is 6.02. The molecule has 0 spiro atoms. The molecule has 0 bridgehead atoms. The monoisotopic (exact) mass is 291 g/mol. The predicted molar refractivity (Wildman–Crippen MR) is 74.3 cm³/mol. The van der Waals surface area contributed by atoms with Gasteiger partial charge >= 0.3 is 6.03 Å². The molecule has 21 heavy (non-hydrogen) atoms. The Morgan fingerprint density at radius 2 is 1.57 bits per heavy atom. The first-order chi connectivity index (χ1) is 10.1. The molecule has 6 heteroatoms. The summed E-state index contributed by atoms with van der Waals surface area (Å²) >= 11 is 0. The minimum Gasteiger partial charge on any atom is -0.342 e. The quantitative estimate of drug-likeness (QED) is 0.723. The number of carbonyl (C=O) groups is 3. The molecule has 2 saturated heterocycles. The molecule has 4 aliphatic rings. The molecule has 0 atom stereocenters. The van der Waals surface area contributed by atoms with Crippen molar-refractivity contribution < 1.29 is 14.4 Å². The molecule has 0 aromatic heterocycles. The fraction of sp³-hybridized carbons (Fsp3) is 0.800. The van der Waals surface area contributed by atoms with E-state index in [1.54, 1.807) is 4.90 Å². The van der Waals surface area contributed by atoms with E-state index < -0.39 is 0 Å². The Bertz CT molecular complexity index is 490. The SMILES string of the molecule is O=C(C1CC1)N1CCC(N2CC(=O)N(C3CC3)C2=O)CC1. The molecular weight excluding hydrogens is 270 g/mol. The van der Waals surface area contributed by atoms with Crippen molar-refractivity contribution in [2.45, 2.75) is 50.6 Å². The van der Waals surface area contributed by atoms with Crippen molar-refractivity contribution in [2.24, 2.45) is 5.92 Å². The summed E-state index contributed by atoms with van der Waals surface area (Å²) in [5, 5.41) is 0. The van der Waals surface area contributed by atoms with Crippen LogP contribution >= 0.6 is 0 Å². The van der Waals surface area contributed by atoms with E-state index in [4.69, 9.17) is 0 Å². The van der Waals surface area contributed by atoms with Crippen LogP contribution in [0.5, 0.6) is 0 Å². The van der Waals surface area contributed by atoms with Crippen LogP contribution in [0.25, 0.3) is 0 Å². The van der Waals surface area contributed by atoms with E-state index in [-0.39, 0.29) is 42.4 Å². The van der Waals surface area contributed by atoms with Crippen molar-refractivity contribution in [2.75, 3.05) is 19.6 Å². The maximum atomic E-state index is 12.4. The summed E-state index contributed by atoms with van der Waals surface area (Å²) in [4.78, 5) is 41.5. The van der Waals surface area contributed by atoms with Crippen LogP contribution in [0.3, 0.4) is 0 Å². The molecule has 4 rings (SSSR count). The maximum absolute atomic E-state index is 12.4. The summed E-state index contributed by atoms with van der Waals surface area (Å²) in [5.74, 6) is 0.512. The van der Waals surface area contributed by atoms with Gasteiger partial charge in [0.15, 0.2) is 0 Å². The average molecular weight is 291 g/mol. The molecule has 0 unspecified atom stereocenters. The van der Waals surface area contributed by atoms with Gasteiger partial charge in [0, 0.05) is 31.1 Å². The summed E-state index contributed by atoms with van der Waals surface area (Å²) in [6.07, 6.45) is 5.59. The van der Waals surface area contributed by atoms with Crippen LogP contribution < -0.4 is 0 Å². The Hall–Kier alpha value is -1.59. The smallest absolute Gasteiger partial charge is 0.327 e. The first-order valence-corrected chi connectivity index (χ1v) is 8.06. The highest BCUT2D eigenvalue weighted by atomic mass is 16.2. The maximum Gasteiger partial charge on any atom is 0.327 e. The molecule has 0 aromatic rings. The van der Waals surface area contributed by atoms with Crippen molar-refractivity contribution in [3.8, 4) is 0 Å². The Morgan fingerprint density at radius 3 is 2.14 bits per heavy atom. The second kappa shape index (κ2) is 4.71. The molecule has 6 nitrogen and oxygen atoms in total. The van der Waals surface area contributed by atoms with E-state index in [2.05, 4.69) is 0 Å². The van der Waals surface area contributed by atoms with Gasteiger partial charge in [0.2, 0.25) is 5.91 Å². The minimum absolute atomic E-state index is 0.0426. The highest BCUT2D eigenvalue weighted by Gasteiger charge is 2.47. The van der Waals surface area contributed by atoms with E-state index in [9.17, 15) is 14.4 Å². The average Bonchev–Trinajstić information content (AvgIpc) is 3.37. The number of amides is 4. The molecule has 114 valence electrons. The zero-order chi connectivity index (χ0) is 14.6. The number of likely N-dealkylation sites (tertiary alicyclic amines) is 1. The lowest BCUT2D eigenvalue weighted by molar-refractivity contribution is -0.134. The summed E-state index contributed by atoms with van der Waals surface area (Å²) in [7, 11) is 0. The van der Waals surface area contributed by atoms with Crippen LogP contribution in [0.1, 0.15) is 38.5 Å². The molecule has 2 heterocycles. The van der Waals surface area contributed by atoms with Crippen molar-refractivity contribution in [3.63, 3.8) is 0 Å². The minimum atomic E-state index is -0.102. The normalized spacial score (nSPS) is 27.7. The number of hydrogen-bond acceptors (Lipinski definition) is 3. The number of carbonyl (C=O) groups excluding carboxylic acids is 3. The fourth-order valence-electron chi connectivity index (χ4n) is 3.50. The van der Waals surface area contributed by atoms with Crippen molar-refractivity contribution in [3.05, 3.63) is 0 Å². The first kappa shape index (κ1) is 13.1. The van der Waals surface area contributed by atoms with Crippen LogP contribution in [-0.4, -0.2) is 64.3 Å². The standard InChI is InChI=1S/C15H21N3O3/c19-13-9-17(15(21)18(13)12-3-4-12)11-5-7-16(8-6-11)14(20)10-1-2-10/h10-12H,1-9H2. The Labute approximate surface area is 124 Å². The summed E-state index contributed by atoms with van der Waals surface area (Å²) in [6.45, 7) is 1.68. The van der Waals surface area contributed by atoms with E-state index in [0.717, 1.165) is 51.6 Å². The third-order valence-corrected chi connectivity index (χ3v) is 5.08. The number of piperidine rings is 1. The third-order valence-electron chi connectivity index (χ3n) is 5.08. The van der Waals surface area contributed by atoms with Crippen molar-refractivity contribution in [1.82, 2.24) is 14.7 Å². The van der Waals surface area contributed by atoms with E-state index in [0.29, 0.717) is 0 Å². The van der Waals surface area contributed by atoms with Crippen LogP contribution in [0.2, 0.25) is 0 Å². The van der Waals surface area contributed by atoms with Gasteiger partial charge in [0.05, 0.1) is 0 Å². The zero-order valence-corrected chi connectivity index (χ0v) is 12.2. The van der Waals surface area contributed by atoms with Gasteiger partial charge in [-0.05, 0) is 38.5 Å². The lowest BCUT2D eigenvalue weighted by Gasteiger charge is -2.36. The molecule has 0 N–H and O–H groups in total. The van der Waals surface area contributed by atoms with Crippen LogP contribution in [0.4, 0.5) is 4.79 Å². The molecule has 4 amide bonds. The second-order valence-corrected chi connectivity index (χ2v) is 6.74. The van der Waals surface area contributed by atoms with E-state index in [1.807, 2.05) is 4.90 Å². The topological polar surface area (TPSA) is 60.9 Å². The largest absolute Gasteiger partial charge is 0.342 e. The number of urea groups is 1. The van der Waals surface area contributed by atoms with Gasteiger partial charge in [-0.25, -0.2) is 4.79 Å². The summed E-state index contributed by atoms with van der Waals surface area (Å²) < 4.78 is 0. The number of imide groups is 1. The molecular formula is C15H21N3O3. The van der Waals surface area contributed by atoms with Crippen molar-refractivity contribution in [1.29, 1.82) is 0 Å². The zero-order valence-electron chi connectivity index (χ0n) is 12.2. The summed E-state index contributed by atoms with van der Waals surface area (Å²) in [6, 6.07) is 0.175. The summed E-state index contributed by atoms with van der Waals surface area (Å²) in [5.41, 5.74) is 0. The molecule has 0 radical (unpaired) electrons. The van der Waals surface area contributed by atoms with Gasteiger partial charge in [-0.15, -0.1) is 0 Å². The van der Waals surface area contributed by atoms with Crippen LogP contribution in [0, 0.1) is 5.92 Å². The fourth-order valence-corrected chi connectivity index (χ4v) is 3.50. The van der Waals surface area contributed by atoms with E-state index >= 15 is 0 Å². The molecule has 2 aliphatic carbocycles. The third kappa shape index (κ3) is 2.30. The Kier molecular flexibility index (Phi) is 2.94. The highest BCUT2D eigenvalue weighted by Crippen LogP contribution is 2.34.